The Kier molecular flexibility index (Phi) is 6.91. The average molecular weight is 168 g/mol. The summed E-state index contributed by atoms with van der Waals surface area (Å²) in [5.74, 6) is 0.252. The van der Waals surface area contributed by atoms with Gasteiger partial charge in [0.05, 0.1) is 6.67 Å². The monoisotopic (exact) mass is 168 g/mol. The van der Waals surface area contributed by atoms with Crippen LogP contribution >= 0.6 is 0 Å². The van der Waals surface area contributed by atoms with E-state index in [2.05, 4.69) is 0 Å². The first-order valence-electron chi connectivity index (χ1n) is 3.45. The van der Waals surface area contributed by atoms with Crippen LogP contribution in [0.25, 0.3) is 0 Å². The Morgan fingerprint density at radius 2 is 1.60 bits per heavy atom. The molecule has 62 valence electrons. The zero-order valence-corrected chi connectivity index (χ0v) is 6.78. The maximum absolute atomic E-state index is 11.5. The minimum absolute atomic E-state index is 0.252. The number of hydrogen-bond acceptors (Lipinski definition) is 2. The predicted molar refractivity (Wildman–Crippen MR) is 39.6 cm³/mol. The second-order valence-electron chi connectivity index (χ2n) is 2.16. The van der Waals surface area contributed by atoms with Gasteiger partial charge in [-0.05, 0) is 12.8 Å². The van der Waals surface area contributed by atoms with Gasteiger partial charge in [-0.25, -0.2) is 8.42 Å². The number of halogens is 1. The molecule has 0 aromatic heterocycles. The molecule has 0 heterocycles. The van der Waals surface area contributed by atoms with E-state index in [4.69, 9.17) is 0 Å². The third kappa shape index (κ3) is 7.88. The highest BCUT2D eigenvalue weighted by Gasteiger charge is 1.89. The molecule has 0 bridgehead atoms. The predicted octanol–water partition coefficient (Wildman–Crippen LogP) is 1.13. The highest BCUT2D eigenvalue weighted by molar-refractivity contribution is 7.72. The van der Waals surface area contributed by atoms with Crippen LogP contribution in [0.4, 0.5) is 4.39 Å². The Morgan fingerprint density at radius 3 is 2.10 bits per heavy atom. The summed E-state index contributed by atoms with van der Waals surface area (Å²) in [4.78, 5) is 0. The summed E-state index contributed by atoms with van der Waals surface area (Å²) in [5, 5.41) is 0. The Hall–Kier alpha value is -0.120. The van der Waals surface area contributed by atoms with Crippen LogP contribution in [-0.4, -0.2) is 20.8 Å². The molecule has 0 saturated carbocycles. The molecule has 0 saturated heterocycles. The number of rotatable bonds is 6. The first-order valence-corrected chi connectivity index (χ1v) is 4.81. The second kappa shape index (κ2) is 6.99. The van der Waals surface area contributed by atoms with Crippen LogP contribution in [-0.2, 0) is 10.7 Å². The van der Waals surface area contributed by atoms with Crippen molar-refractivity contribution in [2.24, 2.45) is 0 Å². The molecule has 0 rings (SSSR count). The molecule has 0 unspecified atom stereocenters. The highest BCUT2D eigenvalue weighted by atomic mass is 32.2. The number of unbranched alkanes of at least 4 members (excludes halogenated alkanes) is 3. The minimum Gasteiger partial charge on any atom is -0.251 e. The molecule has 0 aliphatic carbocycles. The minimum atomic E-state index is -2.22. The first-order chi connectivity index (χ1) is 4.77. The van der Waals surface area contributed by atoms with E-state index in [1.165, 1.54) is 0 Å². The molecule has 10 heavy (non-hydrogen) atoms. The molecule has 0 spiro atoms. The van der Waals surface area contributed by atoms with Gasteiger partial charge in [0.15, 0.2) is 0 Å². The molecular formula is C6H13FO2S. The summed E-state index contributed by atoms with van der Waals surface area (Å²) in [7, 11) is -2.22. The van der Waals surface area contributed by atoms with Crippen molar-refractivity contribution in [1.82, 2.24) is 0 Å². The van der Waals surface area contributed by atoms with E-state index < -0.39 is 10.7 Å². The smallest absolute Gasteiger partial charge is 0.140 e. The highest BCUT2D eigenvalue weighted by Crippen LogP contribution is 1.99. The largest absolute Gasteiger partial charge is 0.251 e. The van der Waals surface area contributed by atoms with E-state index in [1.54, 1.807) is 0 Å². The Labute approximate surface area is 62.4 Å². The van der Waals surface area contributed by atoms with Crippen LogP contribution in [0.15, 0.2) is 0 Å². The molecule has 0 amide bonds. The molecule has 0 aromatic carbocycles. The van der Waals surface area contributed by atoms with E-state index >= 15 is 0 Å². The average Bonchev–Trinajstić information content (AvgIpc) is 1.87. The van der Waals surface area contributed by atoms with Crippen molar-refractivity contribution in [3.63, 3.8) is 0 Å². The zero-order valence-electron chi connectivity index (χ0n) is 5.88. The summed E-state index contributed by atoms with van der Waals surface area (Å²) in [6, 6.07) is 0. The Morgan fingerprint density at radius 1 is 1.00 bits per heavy atom. The summed E-state index contributed by atoms with van der Waals surface area (Å²) in [5.41, 5.74) is 0. The fourth-order valence-electron chi connectivity index (χ4n) is 0.689. The molecule has 0 fully saturated rings. The van der Waals surface area contributed by atoms with E-state index in [9.17, 15) is 12.8 Å². The van der Waals surface area contributed by atoms with Crippen LogP contribution in [0.2, 0.25) is 0 Å². The summed E-state index contributed by atoms with van der Waals surface area (Å²) < 4.78 is 31.4. The maximum atomic E-state index is 11.5. The molecule has 0 N–H and O–H groups in total. The van der Waals surface area contributed by atoms with Crippen LogP contribution in [0.5, 0.6) is 0 Å². The molecule has 2 nitrogen and oxygen atoms in total. The zero-order chi connectivity index (χ0) is 7.82. The van der Waals surface area contributed by atoms with E-state index in [0.29, 0.717) is 12.8 Å². The lowest BCUT2D eigenvalue weighted by atomic mass is 10.2. The molecule has 0 aliphatic rings. The van der Waals surface area contributed by atoms with Gasteiger partial charge in [-0.2, -0.15) is 0 Å². The lowest BCUT2D eigenvalue weighted by Crippen LogP contribution is -1.87. The van der Waals surface area contributed by atoms with Gasteiger partial charge in [-0.1, -0.05) is 12.8 Å². The van der Waals surface area contributed by atoms with Crippen molar-refractivity contribution < 1.29 is 12.8 Å². The SMILES string of the molecule is O=[SH](=O)CCCCCCF. The quantitative estimate of drug-likeness (QED) is 0.476. The van der Waals surface area contributed by atoms with Gasteiger partial charge in [-0.15, -0.1) is 0 Å². The lowest BCUT2D eigenvalue weighted by molar-refractivity contribution is 0.455. The van der Waals surface area contributed by atoms with Crippen molar-refractivity contribution in [2.45, 2.75) is 25.7 Å². The number of alkyl halides is 1. The van der Waals surface area contributed by atoms with Crippen molar-refractivity contribution in [3.8, 4) is 0 Å². The fourth-order valence-corrected chi connectivity index (χ4v) is 1.17. The molecule has 0 atom stereocenters. The summed E-state index contributed by atoms with van der Waals surface area (Å²) >= 11 is 0. The molecule has 4 heteroatoms. The normalized spacial score (nSPS) is 10.6. The van der Waals surface area contributed by atoms with Crippen molar-refractivity contribution in [3.05, 3.63) is 0 Å². The van der Waals surface area contributed by atoms with E-state index in [-0.39, 0.29) is 12.4 Å². The van der Waals surface area contributed by atoms with Crippen molar-refractivity contribution >= 4 is 10.7 Å². The fraction of sp³-hybridized carbons (Fsp3) is 1.00. The van der Waals surface area contributed by atoms with Crippen molar-refractivity contribution in [1.29, 1.82) is 0 Å². The van der Waals surface area contributed by atoms with E-state index in [1.807, 2.05) is 0 Å². The van der Waals surface area contributed by atoms with Crippen molar-refractivity contribution in [2.75, 3.05) is 12.4 Å². The van der Waals surface area contributed by atoms with Crippen LogP contribution in [0.3, 0.4) is 0 Å². The standard InChI is InChI=1S/C6H13FO2S/c7-5-3-1-2-4-6-10(8)9/h10H,1-6H2. The van der Waals surface area contributed by atoms with Gasteiger partial charge in [-0.3, -0.25) is 4.39 Å². The molecular weight excluding hydrogens is 155 g/mol. The number of hydrogen-bond donors (Lipinski definition) is 1. The third-order valence-electron chi connectivity index (χ3n) is 1.22. The van der Waals surface area contributed by atoms with E-state index in [0.717, 1.165) is 12.8 Å². The van der Waals surface area contributed by atoms with Crippen LogP contribution in [0.1, 0.15) is 25.7 Å². The lowest BCUT2D eigenvalue weighted by Gasteiger charge is -1.92. The van der Waals surface area contributed by atoms with Crippen LogP contribution < -0.4 is 0 Å². The molecule has 0 radical (unpaired) electrons. The van der Waals surface area contributed by atoms with Gasteiger partial charge in [0.25, 0.3) is 0 Å². The Balaban J connectivity index is 2.91. The van der Waals surface area contributed by atoms with Gasteiger partial charge >= 0.3 is 0 Å². The first kappa shape index (κ1) is 9.88. The van der Waals surface area contributed by atoms with Gasteiger partial charge in [0.1, 0.15) is 10.7 Å². The summed E-state index contributed by atoms with van der Waals surface area (Å²) in [6.45, 7) is -0.288. The van der Waals surface area contributed by atoms with Gasteiger partial charge < -0.3 is 0 Å². The third-order valence-corrected chi connectivity index (χ3v) is 1.91. The van der Waals surface area contributed by atoms with Gasteiger partial charge in [0, 0.05) is 5.75 Å². The molecule has 0 aliphatic heterocycles. The maximum Gasteiger partial charge on any atom is 0.140 e. The topological polar surface area (TPSA) is 34.1 Å². The second-order valence-corrected chi connectivity index (χ2v) is 3.27. The Bertz CT molecular complexity index is 126. The number of thiol groups is 1. The van der Waals surface area contributed by atoms with Crippen LogP contribution in [0, 0.1) is 0 Å². The molecule has 0 aromatic rings. The van der Waals surface area contributed by atoms with Gasteiger partial charge in [0.2, 0.25) is 0 Å². The summed E-state index contributed by atoms with van der Waals surface area (Å²) in [6.07, 6.45) is 2.88.